The van der Waals surface area contributed by atoms with Gasteiger partial charge < -0.3 is 15.3 Å². The number of hydrogen-bond donors (Lipinski definition) is 2. The third kappa shape index (κ3) is 5.67. The third-order valence-electron chi connectivity index (χ3n) is 2.49. The van der Waals surface area contributed by atoms with Gasteiger partial charge in [-0.2, -0.15) is 0 Å². The lowest BCUT2D eigenvalue weighted by atomic mass is 10.1. The minimum absolute atomic E-state index is 0.542. The number of rotatable bonds is 6. The minimum atomic E-state index is -0.734. The molecule has 0 aliphatic carbocycles. The van der Waals surface area contributed by atoms with Gasteiger partial charge in [0.05, 0.1) is 5.60 Å². The number of nitrogens with zero attached hydrogens (tertiary/aromatic N) is 1. The van der Waals surface area contributed by atoms with Crippen molar-refractivity contribution >= 4 is 27.5 Å². The molecule has 3 nitrogen and oxygen atoms in total. The molecule has 1 unspecified atom stereocenters. The van der Waals surface area contributed by atoms with E-state index in [9.17, 15) is 5.11 Å². The van der Waals surface area contributed by atoms with Crippen LogP contribution >= 0.6 is 27.5 Å². The number of likely N-dealkylation sites (N-methyl/N-ethyl adjacent to an activating group) is 1. The van der Waals surface area contributed by atoms with Crippen LogP contribution in [0.1, 0.15) is 12.5 Å². The molecule has 0 saturated heterocycles. The first-order valence-corrected chi connectivity index (χ1v) is 6.99. The van der Waals surface area contributed by atoms with Crippen LogP contribution in [0.4, 0.5) is 0 Å². The Morgan fingerprint density at radius 2 is 2.11 bits per heavy atom. The van der Waals surface area contributed by atoms with Crippen LogP contribution in [0, 0.1) is 0 Å². The summed E-state index contributed by atoms with van der Waals surface area (Å²) in [6.45, 7) is 3.69. The molecule has 0 aliphatic heterocycles. The van der Waals surface area contributed by atoms with Gasteiger partial charge in [-0.05, 0) is 38.7 Å². The van der Waals surface area contributed by atoms with Crippen molar-refractivity contribution in [2.24, 2.45) is 0 Å². The Labute approximate surface area is 122 Å². The molecule has 0 aromatic heterocycles. The van der Waals surface area contributed by atoms with Crippen LogP contribution < -0.4 is 5.32 Å². The summed E-state index contributed by atoms with van der Waals surface area (Å²) in [5.74, 6) is 0. The fraction of sp³-hybridized carbons (Fsp3) is 0.538. The number of benzene rings is 1. The van der Waals surface area contributed by atoms with Gasteiger partial charge in [0.15, 0.2) is 0 Å². The molecule has 1 rings (SSSR count). The summed E-state index contributed by atoms with van der Waals surface area (Å²) >= 11 is 9.36. The Kier molecular flexibility index (Phi) is 6.08. The SMILES string of the molecule is CN(C)CC(C)(O)CNCc1ccc(Cl)cc1Br. The summed E-state index contributed by atoms with van der Waals surface area (Å²) in [6.07, 6.45) is 0. The predicted molar refractivity (Wildman–Crippen MR) is 80.0 cm³/mol. The summed E-state index contributed by atoms with van der Waals surface area (Å²) in [6, 6.07) is 5.71. The Balaban J connectivity index is 2.46. The highest BCUT2D eigenvalue weighted by Crippen LogP contribution is 2.21. The van der Waals surface area contributed by atoms with Gasteiger partial charge in [-0.25, -0.2) is 0 Å². The van der Waals surface area contributed by atoms with Gasteiger partial charge >= 0.3 is 0 Å². The molecule has 1 aromatic carbocycles. The largest absolute Gasteiger partial charge is 0.388 e. The number of nitrogens with one attached hydrogen (secondary N) is 1. The van der Waals surface area contributed by atoms with Gasteiger partial charge in [-0.3, -0.25) is 0 Å². The van der Waals surface area contributed by atoms with Crippen LogP contribution in [0.25, 0.3) is 0 Å². The van der Waals surface area contributed by atoms with Crippen molar-refractivity contribution in [2.45, 2.75) is 19.1 Å². The van der Waals surface area contributed by atoms with Crippen LogP contribution in [0.2, 0.25) is 5.02 Å². The van der Waals surface area contributed by atoms with Crippen molar-refractivity contribution < 1.29 is 5.11 Å². The van der Waals surface area contributed by atoms with E-state index in [4.69, 9.17) is 11.6 Å². The van der Waals surface area contributed by atoms with Crippen molar-refractivity contribution in [3.05, 3.63) is 33.3 Å². The minimum Gasteiger partial charge on any atom is -0.388 e. The number of hydrogen-bond acceptors (Lipinski definition) is 3. The van der Waals surface area contributed by atoms with E-state index in [-0.39, 0.29) is 0 Å². The molecule has 0 fully saturated rings. The summed E-state index contributed by atoms with van der Waals surface area (Å²) in [5, 5.41) is 14.1. The number of halogens is 2. The van der Waals surface area contributed by atoms with E-state index < -0.39 is 5.60 Å². The monoisotopic (exact) mass is 334 g/mol. The van der Waals surface area contributed by atoms with Crippen molar-refractivity contribution in [3.63, 3.8) is 0 Å². The second-order valence-electron chi connectivity index (χ2n) is 5.07. The molecule has 0 amide bonds. The maximum atomic E-state index is 10.1. The van der Waals surface area contributed by atoms with Gasteiger partial charge in [0.1, 0.15) is 0 Å². The van der Waals surface area contributed by atoms with Crippen LogP contribution in [0.5, 0.6) is 0 Å². The van der Waals surface area contributed by atoms with Gasteiger partial charge in [-0.15, -0.1) is 0 Å². The molecule has 0 radical (unpaired) electrons. The maximum Gasteiger partial charge on any atom is 0.0869 e. The van der Waals surface area contributed by atoms with Gasteiger partial charge in [0.2, 0.25) is 0 Å². The molecule has 1 atom stereocenters. The predicted octanol–water partition coefficient (Wildman–Crippen LogP) is 2.50. The first-order chi connectivity index (χ1) is 8.30. The van der Waals surface area contributed by atoms with Crippen molar-refractivity contribution in [1.82, 2.24) is 10.2 Å². The van der Waals surface area contributed by atoms with Gasteiger partial charge in [-0.1, -0.05) is 33.6 Å². The van der Waals surface area contributed by atoms with Gasteiger partial charge in [0.25, 0.3) is 0 Å². The van der Waals surface area contributed by atoms with Gasteiger partial charge in [0, 0.05) is 29.1 Å². The lowest BCUT2D eigenvalue weighted by Gasteiger charge is -2.27. The molecule has 2 N–H and O–H groups in total. The Hall–Kier alpha value is -0.130. The Morgan fingerprint density at radius 3 is 2.67 bits per heavy atom. The van der Waals surface area contributed by atoms with Crippen LogP contribution in [0.15, 0.2) is 22.7 Å². The lowest BCUT2D eigenvalue weighted by Crippen LogP contribution is -2.45. The average molecular weight is 336 g/mol. The zero-order valence-corrected chi connectivity index (χ0v) is 13.3. The van der Waals surface area contributed by atoms with Crippen LogP contribution in [0.3, 0.4) is 0 Å². The molecule has 0 saturated carbocycles. The van der Waals surface area contributed by atoms with Crippen molar-refractivity contribution in [1.29, 1.82) is 0 Å². The lowest BCUT2D eigenvalue weighted by molar-refractivity contribution is 0.0336. The highest BCUT2D eigenvalue weighted by Gasteiger charge is 2.20. The van der Waals surface area contributed by atoms with E-state index in [2.05, 4.69) is 21.2 Å². The zero-order chi connectivity index (χ0) is 13.8. The smallest absolute Gasteiger partial charge is 0.0869 e. The number of aliphatic hydroxyl groups is 1. The molecule has 0 bridgehead atoms. The molecular weight excluding hydrogens is 316 g/mol. The highest BCUT2D eigenvalue weighted by molar-refractivity contribution is 9.10. The Bertz CT molecular complexity index is 397. The van der Waals surface area contributed by atoms with Crippen LogP contribution in [-0.4, -0.2) is 42.8 Å². The second kappa shape index (κ2) is 6.87. The summed E-state index contributed by atoms with van der Waals surface area (Å²) in [5.41, 5.74) is 0.391. The standard InChI is InChI=1S/C13H20BrClN2O/c1-13(18,9-17(2)3)8-16-7-10-4-5-11(15)6-12(10)14/h4-6,16,18H,7-9H2,1-3H3. The fourth-order valence-corrected chi connectivity index (χ4v) is 2.69. The first-order valence-electron chi connectivity index (χ1n) is 5.82. The molecule has 5 heteroatoms. The van der Waals surface area contributed by atoms with E-state index in [1.165, 1.54) is 0 Å². The molecule has 1 aromatic rings. The summed E-state index contributed by atoms with van der Waals surface area (Å²) < 4.78 is 0.981. The van der Waals surface area contributed by atoms with Crippen molar-refractivity contribution in [3.8, 4) is 0 Å². The second-order valence-corrected chi connectivity index (χ2v) is 6.36. The quantitative estimate of drug-likeness (QED) is 0.838. The third-order valence-corrected chi connectivity index (χ3v) is 3.47. The average Bonchev–Trinajstić information content (AvgIpc) is 2.19. The Morgan fingerprint density at radius 1 is 1.44 bits per heavy atom. The summed E-state index contributed by atoms with van der Waals surface area (Å²) in [7, 11) is 3.90. The summed E-state index contributed by atoms with van der Waals surface area (Å²) in [4.78, 5) is 1.97. The molecule has 0 heterocycles. The van der Waals surface area contributed by atoms with E-state index in [1.54, 1.807) is 0 Å². The molecule has 18 heavy (non-hydrogen) atoms. The molecule has 102 valence electrons. The van der Waals surface area contributed by atoms with Crippen LogP contribution in [-0.2, 0) is 6.54 Å². The van der Waals surface area contributed by atoms with Crippen molar-refractivity contribution in [2.75, 3.05) is 27.2 Å². The molecular formula is C13H20BrClN2O. The molecule has 0 aliphatic rings. The highest BCUT2D eigenvalue weighted by atomic mass is 79.9. The first kappa shape index (κ1) is 15.9. The van der Waals surface area contributed by atoms with E-state index >= 15 is 0 Å². The zero-order valence-electron chi connectivity index (χ0n) is 11.0. The maximum absolute atomic E-state index is 10.1. The topological polar surface area (TPSA) is 35.5 Å². The molecule has 0 spiro atoms. The van der Waals surface area contributed by atoms with E-state index in [0.29, 0.717) is 24.7 Å². The van der Waals surface area contributed by atoms with E-state index in [0.717, 1.165) is 10.0 Å². The normalized spacial score (nSPS) is 14.8. The van der Waals surface area contributed by atoms with E-state index in [1.807, 2.05) is 44.1 Å². The fourth-order valence-electron chi connectivity index (χ4n) is 1.87.